The number of hydrogen-bond acceptors (Lipinski definition) is 4. The number of aromatic nitrogens is 1. The summed E-state index contributed by atoms with van der Waals surface area (Å²) in [7, 11) is 0. The van der Waals surface area contributed by atoms with Crippen LogP contribution in [0.1, 0.15) is 23.1 Å². The Morgan fingerprint density at radius 3 is 2.88 bits per heavy atom. The van der Waals surface area contributed by atoms with Gasteiger partial charge >= 0.3 is 5.97 Å². The molecule has 6 heteroatoms. The van der Waals surface area contributed by atoms with Gasteiger partial charge in [0, 0.05) is 37.9 Å². The topological polar surface area (TPSA) is 65.5 Å². The van der Waals surface area contributed by atoms with E-state index in [-0.39, 0.29) is 0 Å². The van der Waals surface area contributed by atoms with Gasteiger partial charge in [0.1, 0.15) is 5.82 Å². The Balaban J connectivity index is 1.56. The molecule has 26 heavy (non-hydrogen) atoms. The van der Waals surface area contributed by atoms with E-state index in [4.69, 9.17) is 16.7 Å². The number of rotatable bonds is 6. The van der Waals surface area contributed by atoms with E-state index in [1.807, 2.05) is 0 Å². The van der Waals surface area contributed by atoms with Gasteiger partial charge in [0.15, 0.2) is 0 Å². The zero-order valence-electron chi connectivity index (χ0n) is 14.7. The highest BCUT2D eigenvalue weighted by atomic mass is 35.5. The second kappa shape index (κ2) is 8.34. The summed E-state index contributed by atoms with van der Waals surface area (Å²) in [6, 6.07) is 10.7. The van der Waals surface area contributed by atoms with E-state index in [0.29, 0.717) is 22.4 Å². The summed E-state index contributed by atoms with van der Waals surface area (Å²) in [6.07, 6.45) is 5.20. The lowest BCUT2D eigenvalue weighted by Crippen LogP contribution is -2.26. The van der Waals surface area contributed by atoms with Crippen molar-refractivity contribution in [1.29, 1.82) is 0 Å². The Bertz CT molecular complexity index is 805. The fraction of sp³-hybridized carbons (Fsp3) is 0.300. The quantitative estimate of drug-likeness (QED) is 0.755. The monoisotopic (exact) mass is 371 g/mol. The first-order chi connectivity index (χ1) is 12.5. The van der Waals surface area contributed by atoms with Crippen LogP contribution in [-0.2, 0) is 11.3 Å². The molecular weight excluding hydrogens is 350 g/mol. The molecule has 1 aromatic heterocycles. The average Bonchev–Trinajstić information content (AvgIpc) is 3.04. The third-order valence-electron chi connectivity index (χ3n) is 4.42. The van der Waals surface area contributed by atoms with E-state index in [9.17, 15) is 4.79 Å². The Kier molecular flexibility index (Phi) is 5.91. The van der Waals surface area contributed by atoms with Gasteiger partial charge < -0.3 is 10.4 Å². The molecule has 2 N–H and O–H groups in total. The van der Waals surface area contributed by atoms with Gasteiger partial charge in [-0.2, -0.15) is 0 Å². The van der Waals surface area contributed by atoms with Crippen molar-refractivity contribution in [2.45, 2.75) is 25.9 Å². The number of aliphatic carboxylic acids is 1. The van der Waals surface area contributed by atoms with Crippen LogP contribution >= 0.6 is 11.6 Å². The maximum absolute atomic E-state index is 10.6. The number of halogens is 1. The van der Waals surface area contributed by atoms with Gasteiger partial charge in [-0.25, -0.2) is 9.78 Å². The normalized spacial score (nSPS) is 17.7. The number of carbonyl (C=O) groups is 1. The van der Waals surface area contributed by atoms with Crippen molar-refractivity contribution < 1.29 is 9.90 Å². The van der Waals surface area contributed by atoms with Crippen LogP contribution in [0.2, 0.25) is 5.02 Å². The molecule has 136 valence electrons. The number of carboxylic acid groups (broad SMARTS) is 1. The van der Waals surface area contributed by atoms with E-state index >= 15 is 0 Å². The summed E-state index contributed by atoms with van der Waals surface area (Å²) >= 11 is 6.28. The van der Waals surface area contributed by atoms with Crippen LogP contribution in [0, 0.1) is 6.92 Å². The first-order valence-corrected chi connectivity index (χ1v) is 8.98. The summed E-state index contributed by atoms with van der Waals surface area (Å²) in [4.78, 5) is 17.3. The van der Waals surface area contributed by atoms with Crippen LogP contribution in [0.5, 0.6) is 0 Å². The number of nitrogens with one attached hydrogen (secondary N) is 1. The number of hydrogen-bond donors (Lipinski definition) is 2. The van der Waals surface area contributed by atoms with Crippen molar-refractivity contribution in [2.24, 2.45) is 0 Å². The third kappa shape index (κ3) is 5.07. The molecule has 2 aromatic rings. The lowest BCUT2D eigenvalue weighted by Gasteiger charge is -2.17. The first kappa shape index (κ1) is 18.4. The van der Waals surface area contributed by atoms with Crippen LogP contribution in [0.3, 0.4) is 0 Å². The standard InChI is InChI=1S/C20H22ClN3O2/c1-14-2-4-15(5-3-14)12-24-9-8-17(13-24)23-20-18(21)10-16(11-22-20)6-7-19(25)26/h2-7,10-11,17H,8-9,12-13H2,1H3,(H,22,23)(H,25,26)/b7-6+/t17-/m1/s1. The van der Waals surface area contributed by atoms with Gasteiger partial charge in [0.2, 0.25) is 0 Å². The Labute approximate surface area is 158 Å². The van der Waals surface area contributed by atoms with Gasteiger partial charge in [-0.15, -0.1) is 0 Å². The highest BCUT2D eigenvalue weighted by Gasteiger charge is 2.23. The largest absolute Gasteiger partial charge is 0.478 e. The lowest BCUT2D eigenvalue weighted by molar-refractivity contribution is -0.131. The second-order valence-electron chi connectivity index (χ2n) is 6.62. The molecule has 3 rings (SSSR count). The zero-order valence-corrected chi connectivity index (χ0v) is 15.4. The van der Waals surface area contributed by atoms with Gasteiger partial charge in [0.05, 0.1) is 5.02 Å². The minimum atomic E-state index is -0.997. The Morgan fingerprint density at radius 2 is 2.19 bits per heavy atom. The van der Waals surface area contributed by atoms with E-state index in [0.717, 1.165) is 32.1 Å². The molecule has 1 aromatic carbocycles. The molecule has 1 atom stereocenters. The maximum Gasteiger partial charge on any atom is 0.328 e. The van der Waals surface area contributed by atoms with Gasteiger partial charge in [0.25, 0.3) is 0 Å². The molecule has 0 bridgehead atoms. The minimum absolute atomic E-state index is 0.297. The summed E-state index contributed by atoms with van der Waals surface area (Å²) < 4.78 is 0. The zero-order chi connectivity index (χ0) is 18.5. The molecule has 0 amide bonds. The predicted molar refractivity (Wildman–Crippen MR) is 104 cm³/mol. The number of anilines is 1. The van der Waals surface area contributed by atoms with Crippen molar-refractivity contribution in [2.75, 3.05) is 18.4 Å². The molecule has 5 nitrogen and oxygen atoms in total. The fourth-order valence-corrected chi connectivity index (χ4v) is 3.29. The molecule has 1 aliphatic rings. The van der Waals surface area contributed by atoms with Gasteiger partial charge in [-0.1, -0.05) is 41.4 Å². The van der Waals surface area contributed by atoms with E-state index in [1.54, 1.807) is 12.3 Å². The highest BCUT2D eigenvalue weighted by Crippen LogP contribution is 2.24. The Hall–Kier alpha value is -2.37. The molecule has 1 fully saturated rings. The van der Waals surface area contributed by atoms with Crippen LogP contribution in [0.15, 0.2) is 42.6 Å². The number of benzene rings is 1. The second-order valence-corrected chi connectivity index (χ2v) is 7.03. The predicted octanol–water partition coefficient (Wildman–Crippen LogP) is 3.83. The van der Waals surface area contributed by atoms with Crippen molar-refractivity contribution in [1.82, 2.24) is 9.88 Å². The fourth-order valence-electron chi connectivity index (χ4n) is 3.06. The molecular formula is C20H22ClN3O2. The number of carboxylic acids is 1. The van der Waals surface area contributed by atoms with E-state index in [2.05, 4.69) is 46.4 Å². The lowest BCUT2D eigenvalue weighted by atomic mass is 10.1. The number of nitrogens with zero attached hydrogens (tertiary/aromatic N) is 2. The third-order valence-corrected chi connectivity index (χ3v) is 4.71. The van der Waals surface area contributed by atoms with Crippen LogP contribution in [0.25, 0.3) is 6.08 Å². The van der Waals surface area contributed by atoms with E-state index < -0.39 is 5.97 Å². The molecule has 2 heterocycles. The number of likely N-dealkylation sites (tertiary alicyclic amines) is 1. The molecule has 0 aliphatic carbocycles. The average molecular weight is 372 g/mol. The first-order valence-electron chi connectivity index (χ1n) is 8.60. The van der Waals surface area contributed by atoms with Crippen molar-refractivity contribution in [3.63, 3.8) is 0 Å². The summed E-state index contributed by atoms with van der Waals surface area (Å²) in [5, 5.41) is 12.6. The van der Waals surface area contributed by atoms with Gasteiger partial charge in [-0.3, -0.25) is 4.90 Å². The smallest absolute Gasteiger partial charge is 0.328 e. The maximum atomic E-state index is 10.6. The molecule has 0 unspecified atom stereocenters. The summed E-state index contributed by atoms with van der Waals surface area (Å²) in [5.41, 5.74) is 3.26. The number of pyridine rings is 1. The molecule has 0 saturated carbocycles. The van der Waals surface area contributed by atoms with Gasteiger partial charge in [-0.05, 0) is 36.6 Å². The molecule has 1 saturated heterocycles. The molecule has 0 radical (unpaired) electrons. The SMILES string of the molecule is Cc1ccc(CN2CC[C@@H](Nc3ncc(/C=C/C(=O)O)cc3Cl)C2)cc1. The van der Waals surface area contributed by atoms with Crippen molar-refractivity contribution in [3.05, 3.63) is 64.3 Å². The molecule has 0 spiro atoms. The van der Waals surface area contributed by atoms with Crippen LogP contribution in [-0.4, -0.2) is 40.1 Å². The van der Waals surface area contributed by atoms with Crippen LogP contribution in [0.4, 0.5) is 5.82 Å². The van der Waals surface area contributed by atoms with Crippen molar-refractivity contribution in [3.8, 4) is 0 Å². The summed E-state index contributed by atoms with van der Waals surface area (Å²) in [5.74, 6) is -0.357. The van der Waals surface area contributed by atoms with E-state index in [1.165, 1.54) is 17.2 Å². The minimum Gasteiger partial charge on any atom is -0.478 e. The number of aryl methyl sites for hydroxylation is 1. The summed E-state index contributed by atoms with van der Waals surface area (Å²) in [6.45, 7) is 5.01. The van der Waals surface area contributed by atoms with Crippen molar-refractivity contribution >= 4 is 29.5 Å². The molecule has 1 aliphatic heterocycles. The highest BCUT2D eigenvalue weighted by molar-refractivity contribution is 6.33. The Morgan fingerprint density at radius 1 is 1.42 bits per heavy atom. The van der Waals surface area contributed by atoms with Crippen LogP contribution < -0.4 is 5.32 Å².